The first kappa shape index (κ1) is 22.2. The molecule has 1 aliphatic rings. The van der Waals surface area contributed by atoms with E-state index in [1.54, 1.807) is 18.3 Å². The van der Waals surface area contributed by atoms with Crippen molar-refractivity contribution in [2.75, 3.05) is 12.1 Å². The molecule has 0 spiro atoms. The Morgan fingerprint density at radius 2 is 2.22 bits per heavy atom. The Hall–Kier alpha value is -3.05. The Labute approximate surface area is 191 Å². The molecule has 0 aliphatic heterocycles. The van der Waals surface area contributed by atoms with Crippen LogP contribution in [0.2, 0.25) is 5.02 Å². The molecule has 32 heavy (non-hydrogen) atoms. The third-order valence-electron chi connectivity index (χ3n) is 5.38. The van der Waals surface area contributed by atoms with Crippen LogP contribution in [0.3, 0.4) is 0 Å². The summed E-state index contributed by atoms with van der Waals surface area (Å²) < 4.78 is 26.8. The number of pyridine rings is 1. The van der Waals surface area contributed by atoms with Gasteiger partial charge in [-0.3, -0.25) is 9.89 Å². The molecule has 2 heterocycles. The molecule has 1 fully saturated rings. The van der Waals surface area contributed by atoms with Crippen molar-refractivity contribution in [3.63, 3.8) is 0 Å². The van der Waals surface area contributed by atoms with Gasteiger partial charge in [0.05, 0.1) is 15.5 Å². The molecule has 2 aromatic heterocycles. The van der Waals surface area contributed by atoms with E-state index in [4.69, 9.17) is 17.3 Å². The lowest BCUT2D eigenvalue weighted by molar-refractivity contribution is 0.102. The molecule has 0 saturated heterocycles. The van der Waals surface area contributed by atoms with Crippen LogP contribution in [0.5, 0.6) is 0 Å². The van der Waals surface area contributed by atoms with Gasteiger partial charge in [0.15, 0.2) is 12.0 Å². The molecule has 4 N–H and O–H groups in total. The van der Waals surface area contributed by atoms with Crippen molar-refractivity contribution >= 4 is 40.1 Å². The summed E-state index contributed by atoms with van der Waals surface area (Å²) in [5, 5.41) is 13.7. The number of nitrogens with two attached hydrogens (primary N) is 1. The number of rotatable bonds is 6. The van der Waals surface area contributed by atoms with Gasteiger partial charge in [-0.15, -0.1) is 5.10 Å². The van der Waals surface area contributed by atoms with Gasteiger partial charge in [0.2, 0.25) is 0 Å². The van der Waals surface area contributed by atoms with Gasteiger partial charge in [-0.2, -0.15) is 0 Å². The van der Waals surface area contributed by atoms with E-state index in [0.717, 1.165) is 11.8 Å². The summed E-state index contributed by atoms with van der Waals surface area (Å²) in [7, 11) is 0. The molecule has 1 aromatic carbocycles. The van der Waals surface area contributed by atoms with Crippen LogP contribution >= 0.6 is 23.4 Å². The topological polar surface area (TPSA) is 122 Å². The van der Waals surface area contributed by atoms with Gasteiger partial charge in [-0.25, -0.2) is 18.8 Å². The number of H-pyrrole nitrogens is 1. The van der Waals surface area contributed by atoms with Gasteiger partial charge in [-0.05, 0) is 41.8 Å². The largest absolute Gasteiger partial charge is 0.378 e. The number of carbonyl (C=O) groups is 1. The lowest BCUT2D eigenvalue weighted by Gasteiger charge is -2.15. The first-order chi connectivity index (χ1) is 15.4. The highest BCUT2D eigenvalue weighted by Crippen LogP contribution is 2.71. The van der Waals surface area contributed by atoms with Crippen LogP contribution in [-0.4, -0.2) is 38.3 Å². The number of thioether (sulfide) groups is 1. The number of amides is 1. The zero-order chi connectivity index (χ0) is 22.9. The average molecular weight is 478 g/mol. The van der Waals surface area contributed by atoms with E-state index < -0.39 is 23.3 Å². The van der Waals surface area contributed by atoms with Crippen LogP contribution in [0.15, 0.2) is 47.7 Å². The first-order valence-electron chi connectivity index (χ1n) is 9.51. The predicted molar refractivity (Wildman–Crippen MR) is 119 cm³/mol. The standard InChI is InChI=1S/C20H18ClF2N7OS/c1-10-17(20(10,16-8-27-30-29-16)32-19(24)26-9-22)13-6-12(3-4-14(13)23)28-18(31)15-5-2-11(21)7-25-15/h2-8,10,17H,9H2,1H3,(H2,24,26)(H,28,31)(H,27,29,30)/t10?,17?,20-/m1/s1. The Morgan fingerprint density at radius 1 is 1.41 bits per heavy atom. The molecule has 3 atom stereocenters. The molecule has 166 valence electrons. The Balaban J connectivity index is 1.65. The Kier molecular flexibility index (Phi) is 6.11. The highest BCUT2D eigenvalue weighted by atomic mass is 35.5. The molecule has 3 aromatic rings. The van der Waals surface area contributed by atoms with Gasteiger partial charge < -0.3 is 11.1 Å². The maximum atomic E-state index is 14.9. The van der Waals surface area contributed by atoms with Crippen molar-refractivity contribution in [3.8, 4) is 0 Å². The second kappa shape index (κ2) is 8.83. The molecule has 1 aliphatic carbocycles. The number of carbonyl (C=O) groups excluding carboxylic acids is 1. The van der Waals surface area contributed by atoms with Crippen molar-refractivity contribution in [2.45, 2.75) is 17.6 Å². The Bertz CT molecular complexity index is 1160. The van der Waals surface area contributed by atoms with Crippen molar-refractivity contribution < 1.29 is 13.6 Å². The molecule has 12 heteroatoms. The number of benzene rings is 1. The molecule has 1 amide bonds. The fourth-order valence-corrected chi connectivity index (χ4v) is 5.34. The highest BCUT2D eigenvalue weighted by molar-refractivity contribution is 8.14. The van der Waals surface area contributed by atoms with E-state index >= 15 is 0 Å². The van der Waals surface area contributed by atoms with Crippen LogP contribution in [0, 0.1) is 11.7 Å². The summed E-state index contributed by atoms with van der Waals surface area (Å²) in [4.78, 5) is 20.1. The van der Waals surface area contributed by atoms with Crippen molar-refractivity contribution in [3.05, 3.63) is 70.5 Å². The summed E-state index contributed by atoms with van der Waals surface area (Å²) in [5.41, 5.74) is 7.36. The van der Waals surface area contributed by atoms with Crippen LogP contribution in [-0.2, 0) is 4.75 Å². The number of amidine groups is 1. The molecule has 0 radical (unpaired) electrons. The lowest BCUT2D eigenvalue weighted by Crippen LogP contribution is -2.17. The fourth-order valence-electron chi connectivity index (χ4n) is 3.85. The monoisotopic (exact) mass is 477 g/mol. The first-order valence-corrected chi connectivity index (χ1v) is 10.7. The summed E-state index contributed by atoms with van der Waals surface area (Å²) >= 11 is 6.93. The molecule has 1 saturated carbocycles. The number of aliphatic imine (C=N–C) groups is 1. The fraction of sp³-hybridized carbons (Fsp3) is 0.250. The van der Waals surface area contributed by atoms with Crippen molar-refractivity contribution in [2.24, 2.45) is 16.6 Å². The molecule has 8 nitrogen and oxygen atoms in total. The van der Waals surface area contributed by atoms with Gasteiger partial charge >= 0.3 is 0 Å². The van der Waals surface area contributed by atoms with E-state index in [0.29, 0.717) is 22.0 Å². The summed E-state index contributed by atoms with van der Waals surface area (Å²) in [6.07, 6.45) is 2.97. The van der Waals surface area contributed by atoms with Crippen LogP contribution in [0.25, 0.3) is 0 Å². The molecular weight excluding hydrogens is 460 g/mol. The minimum Gasteiger partial charge on any atom is -0.378 e. The Morgan fingerprint density at radius 3 is 2.88 bits per heavy atom. The zero-order valence-electron chi connectivity index (χ0n) is 16.7. The number of hydrogen-bond acceptors (Lipinski definition) is 6. The molecule has 4 rings (SSSR count). The van der Waals surface area contributed by atoms with E-state index in [9.17, 15) is 13.6 Å². The van der Waals surface area contributed by atoms with Gasteiger partial charge in [0.25, 0.3) is 5.91 Å². The zero-order valence-corrected chi connectivity index (χ0v) is 18.3. The number of aromatic amines is 1. The molecular formula is C20H18ClF2N7OS. The van der Waals surface area contributed by atoms with Gasteiger partial charge in [0.1, 0.15) is 11.5 Å². The maximum absolute atomic E-state index is 14.9. The van der Waals surface area contributed by atoms with E-state index in [1.165, 1.54) is 24.4 Å². The van der Waals surface area contributed by atoms with E-state index in [1.807, 2.05) is 6.92 Å². The smallest absolute Gasteiger partial charge is 0.274 e. The number of halogens is 3. The van der Waals surface area contributed by atoms with Crippen molar-refractivity contribution in [1.29, 1.82) is 0 Å². The average Bonchev–Trinajstić information content (AvgIpc) is 3.11. The number of hydrogen-bond donors (Lipinski definition) is 3. The van der Waals surface area contributed by atoms with Crippen molar-refractivity contribution in [1.82, 2.24) is 20.4 Å². The third-order valence-corrected chi connectivity index (χ3v) is 7.12. The molecule has 0 bridgehead atoms. The summed E-state index contributed by atoms with van der Waals surface area (Å²) in [5.74, 6) is -1.39. The maximum Gasteiger partial charge on any atom is 0.274 e. The highest BCUT2D eigenvalue weighted by Gasteiger charge is 2.67. The van der Waals surface area contributed by atoms with E-state index in [-0.39, 0.29) is 22.7 Å². The number of nitrogens with one attached hydrogen (secondary N) is 2. The van der Waals surface area contributed by atoms with Crippen LogP contribution < -0.4 is 11.1 Å². The normalized spacial score (nSPS) is 22.6. The number of alkyl halides is 1. The summed E-state index contributed by atoms with van der Waals surface area (Å²) in [6, 6.07) is 7.35. The van der Waals surface area contributed by atoms with Crippen LogP contribution in [0.4, 0.5) is 14.5 Å². The number of aromatic nitrogens is 4. The second-order valence-corrected chi connectivity index (χ2v) is 8.92. The predicted octanol–water partition coefficient (Wildman–Crippen LogP) is 3.85. The number of anilines is 1. The van der Waals surface area contributed by atoms with Gasteiger partial charge in [0, 0.05) is 24.0 Å². The minimum atomic E-state index is -0.957. The quantitative estimate of drug-likeness (QED) is 0.281. The SMILES string of the molecule is CC1C(c2cc(NC(=O)c3ccc(Cl)cn3)ccc2F)[C@]1(S/C(N)=N\CF)c1c[nH]nn1. The van der Waals surface area contributed by atoms with E-state index in [2.05, 4.69) is 30.7 Å². The number of nitrogens with zero attached hydrogens (tertiary/aromatic N) is 4. The lowest BCUT2D eigenvalue weighted by atomic mass is 10.1. The van der Waals surface area contributed by atoms with Gasteiger partial charge in [-0.1, -0.05) is 35.5 Å². The third kappa shape index (κ3) is 4.05. The second-order valence-electron chi connectivity index (χ2n) is 7.19. The summed E-state index contributed by atoms with van der Waals surface area (Å²) in [6.45, 7) is 0.957. The molecule has 2 unspecified atom stereocenters. The van der Waals surface area contributed by atoms with Crippen LogP contribution in [0.1, 0.15) is 34.6 Å². The minimum absolute atomic E-state index is 0.0310.